The first-order valence-corrected chi connectivity index (χ1v) is 14.0. The Morgan fingerprint density at radius 3 is 2.44 bits per heavy atom. The number of carbonyl (C=O) groups excluding carboxylic acids is 2. The van der Waals surface area contributed by atoms with Gasteiger partial charge in [0.05, 0.1) is 11.9 Å². The van der Waals surface area contributed by atoms with Crippen molar-refractivity contribution >= 4 is 50.7 Å². The van der Waals surface area contributed by atoms with E-state index >= 15 is 0 Å². The molecule has 2 aromatic rings. The second-order valence-electron chi connectivity index (χ2n) is 8.28. The number of carbonyl (C=O) groups is 2. The number of nitrogens with one attached hydrogen (secondary N) is 1. The molecule has 0 unspecified atom stereocenters. The van der Waals surface area contributed by atoms with Crippen molar-refractivity contribution in [3.8, 4) is 11.5 Å². The lowest BCUT2D eigenvalue weighted by molar-refractivity contribution is -0.140. The van der Waals surface area contributed by atoms with E-state index in [0.29, 0.717) is 40.1 Å². The highest BCUT2D eigenvalue weighted by Gasteiger charge is 2.32. The van der Waals surface area contributed by atoms with Gasteiger partial charge in [0.1, 0.15) is 12.6 Å². The third-order valence-electron chi connectivity index (χ3n) is 5.61. The van der Waals surface area contributed by atoms with Crippen LogP contribution >= 0.6 is 23.2 Å². The number of anilines is 1. The van der Waals surface area contributed by atoms with Crippen LogP contribution < -0.4 is 19.1 Å². The fourth-order valence-corrected chi connectivity index (χ4v) is 5.08. The van der Waals surface area contributed by atoms with Crippen LogP contribution in [0.3, 0.4) is 0 Å². The van der Waals surface area contributed by atoms with E-state index in [1.54, 1.807) is 31.2 Å². The summed E-state index contributed by atoms with van der Waals surface area (Å²) < 4.78 is 37.1. The van der Waals surface area contributed by atoms with Crippen LogP contribution in [0.4, 0.5) is 5.69 Å². The van der Waals surface area contributed by atoms with E-state index in [4.69, 9.17) is 32.7 Å². The number of ether oxygens (including phenoxy) is 2. The molecule has 0 fully saturated rings. The average Bonchev–Trinajstić information content (AvgIpc) is 3.29. The van der Waals surface area contributed by atoms with Crippen LogP contribution in [0.2, 0.25) is 10.0 Å². The monoisotopic (exact) mass is 557 g/mol. The van der Waals surface area contributed by atoms with Crippen molar-refractivity contribution in [2.75, 3.05) is 30.4 Å². The zero-order chi connectivity index (χ0) is 26.5. The van der Waals surface area contributed by atoms with Crippen molar-refractivity contribution in [2.24, 2.45) is 0 Å². The van der Waals surface area contributed by atoms with Crippen LogP contribution in [-0.2, 0) is 26.2 Å². The summed E-state index contributed by atoms with van der Waals surface area (Å²) in [5, 5.41) is 3.59. The molecule has 9 nitrogen and oxygen atoms in total. The highest BCUT2D eigenvalue weighted by atomic mass is 35.5. The predicted octanol–water partition coefficient (Wildman–Crippen LogP) is 3.82. The Kier molecular flexibility index (Phi) is 9.32. The number of rotatable bonds is 11. The van der Waals surface area contributed by atoms with Crippen molar-refractivity contribution < 1.29 is 27.5 Å². The van der Waals surface area contributed by atoms with Crippen molar-refractivity contribution in [2.45, 2.75) is 39.3 Å². The molecule has 0 radical (unpaired) electrons. The lowest BCUT2D eigenvalue weighted by atomic mass is 10.1. The summed E-state index contributed by atoms with van der Waals surface area (Å²) in [6, 6.07) is 8.64. The molecule has 0 aliphatic carbocycles. The molecule has 1 atom stereocenters. The fourth-order valence-electron chi connectivity index (χ4n) is 3.77. The lowest BCUT2D eigenvalue weighted by Gasteiger charge is -2.33. The first kappa shape index (κ1) is 27.9. The Labute approximate surface area is 221 Å². The molecule has 196 valence electrons. The predicted molar refractivity (Wildman–Crippen MR) is 139 cm³/mol. The second-order valence-corrected chi connectivity index (χ2v) is 11.0. The fraction of sp³-hybridized carbons (Fsp3) is 0.417. The molecule has 2 amide bonds. The molecule has 2 aromatic carbocycles. The van der Waals surface area contributed by atoms with Gasteiger partial charge in [-0.2, -0.15) is 0 Å². The second kappa shape index (κ2) is 12.0. The van der Waals surface area contributed by atoms with Gasteiger partial charge in [-0.1, -0.05) is 43.1 Å². The summed E-state index contributed by atoms with van der Waals surface area (Å²) in [5.74, 6) is -0.0330. The van der Waals surface area contributed by atoms with Gasteiger partial charge in [0.2, 0.25) is 28.6 Å². The summed E-state index contributed by atoms with van der Waals surface area (Å²) in [6.07, 6.45) is 2.05. The Balaban J connectivity index is 1.96. The molecule has 1 N–H and O–H groups in total. The lowest BCUT2D eigenvalue weighted by Crippen LogP contribution is -2.52. The van der Waals surface area contributed by atoms with Crippen LogP contribution in [0.1, 0.15) is 32.3 Å². The number of amides is 2. The highest BCUT2D eigenvalue weighted by Crippen LogP contribution is 2.36. The quantitative estimate of drug-likeness (QED) is 0.450. The zero-order valence-electron chi connectivity index (χ0n) is 20.3. The summed E-state index contributed by atoms with van der Waals surface area (Å²) >= 11 is 12.4. The maximum absolute atomic E-state index is 13.7. The number of halogens is 2. The normalized spacial score (nSPS) is 13.2. The largest absolute Gasteiger partial charge is 0.454 e. The third-order valence-corrected chi connectivity index (χ3v) is 7.34. The van der Waals surface area contributed by atoms with Gasteiger partial charge in [0.15, 0.2) is 11.5 Å². The first-order valence-electron chi connectivity index (χ1n) is 11.4. The Hall–Kier alpha value is -2.69. The molecule has 0 bridgehead atoms. The molecule has 0 spiro atoms. The molecule has 1 heterocycles. The van der Waals surface area contributed by atoms with Crippen LogP contribution in [-0.4, -0.2) is 57.3 Å². The molecule has 3 rings (SSSR count). The first-order chi connectivity index (χ1) is 17.0. The summed E-state index contributed by atoms with van der Waals surface area (Å²) in [5.41, 5.74) is 0.813. The number of fused-ring (bicyclic) bond motifs is 1. The maximum atomic E-state index is 13.7. The van der Waals surface area contributed by atoms with Crippen molar-refractivity contribution in [1.29, 1.82) is 0 Å². The molecule has 1 aliphatic rings. The van der Waals surface area contributed by atoms with Crippen molar-refractivity contribution in [3.63, 3.8) is 0 Å². The van der Waals surface area contributed by atoms with E-state index in [1.165, 1.54) is 17.0 Å². The molecule has 36 heavy (non-hydrogen) atoms. The topological polar surface area (TPSA) is 105 Å². The van der Waals surface area contributed by atoms with Crippen LogP contribution in [0.5, 0.6) is 11.5 Å². The molecule has 12 heteroatoms. The molecular formula is C24H29Cl2N3O6S. The van der Waals surface area contributed by atoms with Crippen molar-refractivity contribution in [1.82, 2.24) is 10.2 Å². The highest BCUT2D eigenvalue weighted by molar-refractivity contribution is 7.92. The zero-order valence-corrected chi connectivity index (χ0v) is 22.6. The Morgan fingerprint density at radius 1 is 1.08 bits per heavy atom. The van der Waals surface area contributed by atoms with Gasteiger partial charge in [0, 0.05) is 29.2 Å². The van der Waals surface area contributed by atoms with E-state index in [9.17, 15) is 18.0 Å². The maximum Gasteiger partial charge on any atom is 0.244 e. The SMILES string of the molecule is CCCNC(=O)[C@H](CC)N(Cc1ccc(Cl)cc1Cl)C(=O)CN(c1ccc2c(c1)OCO2)S(C)(=O)=O. The Bertz CT molecular complexity index is 1220. The third kappa shape index (κ3) is 6.74. The molecular weight excluding hydrogens is 529 g/mol. The van der Waals surface area contributed by atoms with E-state index in [1.807, 2.05) is 6.92 Å². The molecule has 0 saturated carbocycles. The van der Waals surface area contributed by atoms with Gasteiger partial charge < -0.3 is 19.7 Å². The Morgan fingerprint density at radius 2 is 1.81 bits per heavy atom. The van der Waals surface area contributed by atoms with E-state index in [-0.39, 0.29) is 24.9 Å². The average molecular weight is 558 g/mol. The van der Waals surface area contributed by atoms with Gasteiger partial charge in [-0.3, -0.25) is 13.9 Å². The smallest absolute Gasteiger partial charge is 0.244 e. The van der Waals surface area contributed by atoms with E-state index in [2.05, 4.69) is 5.32 Å². The van der Waals surface area contributed by atoms with Crippen LogP contribution in [0, 0.1) is 0 Å². The van der Waals surface area contributed by atoms with Crippen LogP contribution in [0.25, 0.3) is 0 Å². The number of benzene rings is 2. The van der Waals surface area contributed by atoms with E-state index < -0.39 is 28.5 Å². The van der Waals surface area contributed by atoms with Gasteiger partial charge in [-0.15, -0.1) is 0 Å². The minimum atomic E-state index is -3.87. The summed E-state index contributed by atoms with van der Waals surface area (Å²) in [4.78, 5) is 28.0. The van der Waals surface area contributed by atoms with Gasteiger partial charge in [0.25, 0.3) is 0 Å². The standard InChI is InChI=1S/C24H29Cl2N3O6S/c1-4-10-27-24(31)20(5-2)28(13-16-6-7-17(25)11-19(16)26)23(30)14-29(36(3,32)33)18-8-9-21-22(12-18)35-15-34-21/h6-9,11-12,20H,4-5,10,13-15H2,1-3H3,(H,27,31)/t20-/m0/s1. The van der Waals surface area contributed by atoms with Gasteiger partial charge >= 0.3 is 0 Å². The summed E-state index contributed by atoms with van der Waals surface area (Å²) in [7, 11) is -3.87. The van der Waals surface area contributed by atoms with Crippen molar-refractivity contribution in [3.05, 3.63) is 52.0 Å². The molecule has 1 aliphatic heterocycles. The van der Waals surface area contributed by atoms with Gasteiger partial charge in [-0.25, -0.2) is 8.42 Å². The molecule has 0 saturated heterocycles. The summed E-state index contributed by atoms with van der Waals surface area (Å²) in [6.45, 7) is 3.65. The minimum Gasteiger partial charge on any atom is -0.454 e. The number of hydrogen-bond donors (Lipinski definition) is 1. The number of sulfonamides is 1. The number of hydrogen-bond acceptors (Lipinski definition) is 6. The minimum absolute atomic E-state index is 0.00831. The molecule has 0 aromatic heterocycles. The van der Waals surface area contributed by atoms with Gasteiger partial charge in [-0.05, 0) is 42.7 Å². The van der Waals surface area contributed by atoms with Crippen LogP contribution in [0.15, 0.2) is 36.4 Å². The number of nitrogens with zero attached hydrogens (tertiary/aromatic N) is 2. The van der Waals surface area contributed by atoms with E-state index in [0.717, 1.165) is 17.0 Å².